The van der Waals surface area contributed by atoms with E-state index in [0.29, 0.717) is 19.1 Å². The third kappa shape index (κ3) is 5.27. The van der Waals surface area contributed by atoms with Crippen LogP contribution in [0.1, 0.15) is 81.9 Å². The summed E-state index contributed by atoms with van der Waals surface area (Å²) >= 11 is 1.77. The maximum Gasteiger partial charge on any atom is 0.317 e. The molecule has 1 N–H and O–H groups in total. The number of amides is 2. The Balaban J connectivity index is 1.41. The number of hydrogen-bond acceptors (Lipinski definition) is 4. The molecule has 33 heavy (non-hydrogen) atoms. The summed E-state index contributed by atoms with van der Waals surface area (Å²) in [6, 6.07) is 7.04. The number of nitrogens with zero attached hydrogens (tertiary/aromatic N) is 2. The molecule has 1 aliphatic carbocycles. The molecule has 5 nitrogen and oxygen atoms in total. The monoisotopic (exact) mass is 469 g/mol. The molecular weight excluding hydrogens is 430 g/mol. The lowest BCUT2D eigenvalue weighted by Crippen LogP contribution is -2.44. The number of carbonyl (C=O) groups excluding carboxylic acids is 1. The minimum absolute atomic E-state index is 0.0454. The fraction of sp³-hybridized carbons (Fsp3) is 0.630. The number of aromatic nitrogens is 1. The van der Waals surface area contributed by atoms with E-state index in [2.05, 4.69) is 56.6 Å². The molecule has 1 aromatic heterocycles. The molecule has 1 saturated heterocycles. The fourth-order valence-corrected chi connectivity index (χ4v) is 6.21. The summed E-state index contributed by atoms with van der Waals surface area (Å²) in [5.41, 5.74) is 5.74. The first kappa shape index (κ1) is 24.2. The molecule has 0 unspecified atom stereocenters. The summed E-state index contributed by atoms with van der Waals surface area (Å²) in [7, 11) is 1.68. The number of nitrogens with one attached hydrogen (secondary N) is 1. The van der Waals surface area contributed by atoms with Crippen molar-refractivity contribution in [3.05, 3.63) is 39.7 Å². The van der Waals surface area contributed by atoms with Crippen molar-refractivity contribution in [2.24, 2.45) is 0 Å². The van der Waals surface area contributed by atoms with Crippen LogP contribution in [0.3, 0.4) is 0 Å². The van der Waals surface area contributed by atoms with Crippen molar-refractivity contribution >= 4 is 17.4 Å². The lowest BCUT2D eigenvalue weighted by molar-refractivity contribution is 0.175. The number of hydrogen-bond donors (Lipinski definition) is 1. The number of fused-ring (bicyclic) bond motifs is 1. The smallest absolute Gasteiger partial charge is 0.317 e. The number of methoxy groups -OCH3 is 1. The lowest BCUT2D eigenvalue weighted by atomic mass is 9.63. The van der Waals surface area contributed by atoms with Gasteiger partial charge in [-0.25, -0.2) is 9.78 Å². The zero-order chi connectivity index (χ0) is 23.6. The van der Waals surface area contributed by atoms with E-state index in [1.165, 1.54) is 34.5 Å². The second-order valence-electron chi connectivity index (χ2n) is 10.9. The second-order valence-corrected chi connectivity index (χ2v) is 11.8. The Morgan fingerprint density at radius 2 is 1.85 bits per heavy atom. The average molecular weight is 470 g/mol. The van der Waals surface area contributed by atoms with Gasteiger partial charge in [0.25, 0.3) is 0 Å². The van der Waals surface area contributed by atoms with Gasteiger partial charge in [0.15, 0.2) is 0 Å². The van der Waals surface area contributed by atoms with Crippen molar-refractivity contribution in [2.75, 3.05) is 33.4 Å². The average Bonchev–Trinajstić information content (AvgIpc) is 3.30. The molecule has 2 amide bonds. The summed E-state index contributed by atoms with van der Waals surface area (Å²) in [5, 5.41) is 6.42. The normalized spacial score (nSPS) is 19.8. The van der Waals surface area contributed by atoms with Gasteiger partial charge in [0, 0.05) is 50.2 Å². The molecule has 2 heterocycles. The molecule has 2 aromatic rings. The van der Waals surface area contributed by atoms with E-state index in [4.69, 9.17) is 9.72 Å². The van der Waals surface area contributed by atoms with Gasteiger partial charge in [-0.05, 0) is 60.1 Å². The van der Waals surface area contributed by atoms with Gasteiger partial charge in [-0.1, -0.05) is 39.8 Å². The van der Waals surface area contributed by atoms with Gasteiger partial charge >= 0.3 is 6.03 Å². The molecule has 1 fully saturated rings. The largest absolute Gasteiger partial charge is 0.385 e. The third-order valence-corrected chi connectivity index (χ3v) is 8.61. The highest BCUT2D eigenvalue weighted by Gasteiger charge is 2.37. The molecule has 0 bridgehead atoms. The standard InChI is InChI=1S/C27H39N3O2S/c1-26(2)11-12-27(3,4)22-17-20(7-8-21(22)26)23-18-33-24(29-23)19-9-14-30(15-10-19)25(31)28-13-6-16-32-5/h7-8,17-19H,6,9-16H2,1-5H3,(H,28,31). The Morgan fingerprint density at radius 1 is 1.15 bits per heavy atom. The molecule has 1 aromatic carbocycles. The number of piperidine rings is 1. The van der Waals surface area contributed by atoms with E-state index >= 15 is 0 Å². The van der Waals surface area contributed by atoms with Crippen LogP contribution in [0.25, 0.3) is 11.3 Å². The van der Waals surface area contributed by atoms with Crippen molar-refractivity contribution < 1.29 is 9.53 Å². The minimum atomic E-state index is 0.0454. The highest BCUT2D eigenvalue weighted by Crippen LogP contribution is 2.47. The number of likely N-dealkylation sites (tertiary alicyclic amines) is 1. The van der Waals surface area contributed by atoms with E-state index in [9.17, 15) is 4.79 Å². The van der Waals surface area contributed by atoms with Crippen LogP contribution in [0.2, 0.25) is 0 Å². The van der Waals surface area contributed by atoms with Crippen LogP contribution in [-0.4, -0.2) is 49.3 Å². The van der Waals surface area contributed by atoms with Crippen LogP contribution in [0.15, 0.2) is 23.6 Å². The number of benzene rings is 1. The molecule has 4 rings (SSSR count). The molecule has 180 valence electrons. The van der Waals surface area contributed by atoms with Crippen LogP contribution in [0, 0.1) is 0 Å². The van der Waals surface area contributed by atoms with Gasteiger partial charge in [0.2, 0.25) is 0 Å². The molecule has 1 aliphatic heterocycles. The first-order valence-electron chi connectivity index (χ1n) is 12.3. The fourth-order valence-electron chi connectivity index (χ4n) is 5.21. The number of carbonyl (C=O) groups is 1. The molecule has 2 aliphatic rings. The van der Waals surface area contributed by atoms with Crippen LogP contribution >= 0.6 is 11.3 Å². The Labute approximate surface area is 202 Å². The molecule has 6 heteroatoms. The van der Waals surface area contributed by atoms with Gasteiger partial charge in [-0.15, -0.1) is 11.3 Å². The van der Waals surface area contributed by atoms with E-state index in [1.54, 1.807) is 18.4 Å². The first-order chi connectivity index (χ1) is 15.7. The van der Waals surface area contributed by atoms with Crippen LogP contribution < -0.4 is 5.32 Å². The summed E-state index contributed by atoms with van der Waals surface area (Å²) in [6.07, 6.45) is 5.25. The van der Waals surface area contributed by atoms with Crippen molar-refractivity contribution in [2.45, 2.75) is 76.5 Å². The SMILES string of the molecule is COCCCNC(=O)N1CCC(c2nc(-c3ccc4c(c3)C(C)(C)CCC4(C)C)cs2)CC1. The summed E-state index contributed by atoms with van der Waals surface area (Å²) in [5.74, 6) is 0.439. The first-order valence-corrected chi connectivity index (χ1v) is 13.2. The van der Waals surface area contributed by atoms with E-state index in [1.807, 2.05) is 4.90 Å². The Hall–Kier alpha value is -1.92. The van der Waals surface area contributed by atoms with E-state index in [-0.39, 0.29) is 16.9 Å². The maximum absolute atomic E-state index is 12.4. The Bertz CT molecular complexity index is 973. The molecule has 0 atom stereocenters. The zero-order valence-electron chi connectivity index (χ0n) is 20.9. The van der Waals surface area contributed by atoms with Crippen LogP contribution in [0.5, 0.6) is 0 Å². The van der Waals surface area contributed by atoms with Crippen molar-refractivity contribution in [1.82, 2.24) is 15.2 Å². The summed E-state index contributed by atoms with van der Waals surface area (Å²) in [4.78, 5) is 19.4. The van der Waals surface area contributed by atoms with Gasteiger partial charge in [0.1, 0.15) is 0 Å². The molecule has 0 radical (unpaired) electrons. The quantitative estimate of drug-likeness (QED) is 0.521. The number of urea groups is 1. The Kier molecular flexibility index (Phi) is 7.15. The number of ether oxygens (including phenoxy) is 1. The van der Waals surface area contributed by atoms with Gasteiger partial charge in [-0.2, -0.15) is 0 Å². The molecular formula is C27H39N3O2S. The predicted octanol–water partition coefficient (Wildman–Crippen LogP) is 6.08. The number of rotatable bonds is 6. The van der Waals surface area contributed by atoms with Crippen molar-refractivity contribution in [1.29, 1.82) is 0 Å². The lowest BCUT2D eigenvalue weighted by Gasteiger charge is -2.42. The minimum Gasteiger partial charge on any atom is -0.385 e. The van der Waals surface area contributed by atoms with Crippen molar-refractivity contribution in [3.63, 3.8) is 0 Å². The molecule has 0 spiro atoms. The van der Waals surface area contributed by atoms with Gasteiger partial charge < -0.3 is 15.0 Å². The summed E-state index contributed by atoms with van der Waals surface area (Å²) < 4.78 is 5.04. The van der Waals surface area contributed by atoms with Gasteiger partial charge in [-0.3, -0.25) is 0 Å². The third-order valence-electron chi connectivity index (χ3n) is 7.60. The topological polar surface area (TPSA) is 54.5 Å². The highest BCUT2D eigenvalue weighted by molar-refractivity contribution is 7.10. The zero-order valence-corrected chi connectivity index (χ0v) is 21.7. The molecule has 0 saturated carbocycles. The second kappa shape index (κ2) is 9.75. The van der Waals surface area contributed by atoms with Crippen LogP contribution in [-0.2, 0) is 15.6 Å². The van der Waals surface area contributed by atoms with Crippen LogP contribution in [0.4, 0.5) is 4.79 Å². The van der Waals surface area contributed by atoms with E-state index in [0.717, 1.165) is 38.0 Å². The van der Waals surface area contributed by atoms with Gasteiger partial charge in [0.05, 0.1) is 10.7 Å². The predicted molar refractivity (Wildman–Crippen MR) is 136 cm³/mol. The summed E-state index contributed by atoms with van der Waals surface area (Å²) in [6.45, 7) is 12.4. The van der Waals surface area contributed by atoms with Crippen molar-refractivity contribution in [3.8, 4) is 11.3 Å². The number of thiazole rings is 1. The Morgan fingerprint density at radius 3 is 2.55 bits per heavy atom. The van der Waals surface area contributed by atoms with E-state index < -0.39 is 0 Å². The maximum atomic E-state index is 12.4. The highest BCUT2D eigenvalue weighted by atomic mass is 32.1.